The highest BCUT2D eigenvalue weighted by molar-refractivity contribution is 9.10. The largest absolute Gasteiger partial charge is 0.389 e. The first-order valence-electron chi connectivity index (χ1n) is 5.80. The second kappa shape index (κ2) is 4.76. The molecule has 3 heteroatoms. The third-order valence-electron chi connectivity index (χ3n) is 3.46. The Bertz CT molecular complexity index is 374. The Balaban J connectivity index is 2.21. The average molecular weight is 284 g/mol. The third-order valence-corrected chi connectivity index (χ3v) is 4.09. The lowest BCUT2D eigenvalue weighted by Crippen LogP contribution is -2.37. The summed E-state index contributed by atoms with van der Waals surface area (Å²) in [6, 6.07) is 6.79. The summed E-state index contributed by atoms with van der Waals surface area (Å²) in [4.78, 5) is 2.33. The molecule has 0 amide bonds. The molecule has 0 spiro atoms. The smallest absolute Gasteiger partial charge is 0.0762 e. The first kappa shape index (κ1) is 11.9. The predicted octanol–water partition coefficient (Wildman–Crippen LogP) is 3.49. The van der Waals surface area contributed by atoms with Crippen LogP contribution in [-0.2, 0) is 0 Å². The van der Waals surface area contributed by atoms with Gasteiger partial charge in [-0.2, -0.15) is 0 Å². The number of aliphatic hydroxyl groups excluding tert-OH is 1. The van der Waals surface area contributed by atoms with Gasteiger partial charge in [0.15, 0.2) is 0 Å². The topological polar surface area (TPSA) is 23.5 Å². The lowest BCUT2D eigenvalue weighted by atomic mass is 9.91. The Hall–Kier alpha value is -0.540. The average Bonchev–Trinajstić information content (AvgIpc) is 2.14. The maximum Gasteiger partial charge on any atom is 0.0762 e. The Kier molecular flexibility index (Phi) is 3.55. The van der Waals surface area contributed by atoms with Crippen molar-refractivity contribution in [1.82, 2.24) is 0 Å². The van der Waals surface area contributed by atoms with Crippen molar-refractivity contribution in [3.05, 3.63) is 28.2 Å². The van der Waals surface area contributed by atoms with Crippen molar-refractivity contribution in [3.8, 4) is 0 Å². The Morgan fingerprint density at radius 3 is 2.56 bits per heavy atom. The van der Waals surface area contributed by atoms with Crippen molar-refractivity contribution in [2.24, 2.45) is 0 Å². The number of benzene rings is 1. The number of anilines is 1. The van der Waals surface area contributed by atoms with Gasteiger partial charge in [-0.3, -0.25) is 0 Å². The van der Waals surface area contributed by atoms with E-state index < -0.39 is 6.10 Å². The SMILES string of the molecule is C[C@@H](O)c1ccc(N(C)C2CCC2)c(Br)c1. The van der Waals surface area contributed by atoms with Crippen molar-refractivity contribution in [3.63, 3.8) is 0 Å². The zero-order valence-corrected chi connectivity index (χ0v) is 11.4. The van der Waals surface area contributed by atoms with E-state index in [4.69, 9.17) is 0 Å². The molecule has 88 valence electrons. The zero-order chi connectivity index (χ0) is 11.7. The minimum Gasteiger partial charge on any atom is -0.389 e. The number of halogens is 1. The normalized spacial score (nSPS) is 18.0. The molecule has 0 bridgehead atoms. The summed E-state index contributed by atoms with van der Waals surface area (Å²) >= 11 is 3.58. The summed E-state index contributed by atoms with van der Waals surface area (Å²) in [6.45, 7) is 1.79. The van der Waals surface area contributed by atoms with E-state index in [0.717, 1.165) is 10.0 Å². The summed E-state index contributed by atoms with van der Waals surface area (Å²) in [5, 5.41) is 9.51. The molecule has 1 atom stereocenters. The van der Waals surface area contributed by atoms with Crippen LogP contribution < -0.4 is 4.90 Å². The van der Waals surface area contributed by atoms with E-state index in [1.165, 1.54) is 24.9 Å². The van der Waals surface area contributed by atoms with Gasteiger partial charge in [-0.05, 0) is 59.8 Å². The van der Waals surface area contributed by atoms with E-state index >= 15 is 0 Å². The van der Waals surface area contributed by atoms with Crippen LogP contribution in [-0.4, -0.2) is 18.2 Å². The number of nitrogens with zero attached hydrogens (tertiary/aromatic N) is 1. The molecule has 0 aromatic heterocycles. The van der Waals surface area contributed by atoms with E-state index in [0.29, 0.717) is 6.04 Å². The zero-order valence-electron chi connectivity index (χ0n) is 9.78. The highest BCUT2D eigenvalue weighted by atomic mass is 79.9. The van der Waals surface area contributed by atoms with Crippen molar-refractivity contribution in [2.45, 2.75) is 38.3 Å². The van der Waals surface area contributed by atoms with E-state index in [9.17, 15) is 5.11 Å². The Morgan fingerprint density at radius 1 is 1.44 bits per heavy atom. The molecule has 1 aromatic rings. The van der Waals surface area contributed by atoms with Gasteiger partial charge in [-0.1, -0.05) is 6.07 Å². The summed E-state index contributed by atoms with van der Waals surface area (Å²) in [5.41, 5.74) is 2.17. The monoisotopic (exact) mass is 283 g/mol. The predicted molar refractivity (Wildman–Crippen MR) is 70.8 cm³/mol. The van der Waals surface area contributed by atoms with E-state index in [2.05, 4.69) is 33.9 Å². The Labute approximate surface area is 105 Å². The number of aliphatic hydroxyl groups is 1. The van der Waals surface area contributed by atoms with Gasteiger partial charge in [0.2, 0.25) is 0 Å². The van der Waals surface area contributed by atoms with Crippen LogP contribution in [0.2, 0.25) is 0 Å². The van der Waals surface area contributed by atoms with E-state index in [1.54, 1.807) is 6.92 Å². The minimum absolute atomic E-state index is 0.403. The molecule has 0 saturated heterocycles. The molecule has 0 heterocycles. The van der Waals surface area contributed by atoms with Crippen LogP contribution in [0.5, 0.6) is 0 Å². The van der Waals surface area contributed by atoms with Crippen molar-refractivity contribution in [1.29, 1.82) is 0 Å². The molecule has 1 aromatic carbocycles. The van der Waals surface area contributed by atoms with Gasteiger partial charge in [0.25, 0.3) is 0 Å². The second-order valence-electron chi connectivity index (χ2n) is 4.58. The maximum absolute atomic E-state index is 9.51. The molecule has 0 unspecified atom stereocenters. The fraction of sp³-hybridized carbons (Fsp3) is 0.538. The van der Waals surface area contributed by atoms with Crippen molar-refractivity contribution in [2.75, 3.05) is 11.9 Å². The van der Waals surface area contributed by atoms with Gasteiger partial charge >= 0.3 is 0 Å². The van der Waals surface area contributed by atoms with Crippen molar-refractivity contribution >= 4 is 21.6 Å². The third kappa shape index (κ3) is 2.25. The molecule has 16 heavy (non-hydrogen) atoms. The molecule has 1 aliphatic rings. The van der Waals surface area contributed by atoms with Crippen LogP contribution in [0, 0.1) is 0 Å². The van der Waals surface area contributed by atoms with Gasteiger partial charge in [-0.25, -0.2) is 0 Å². The fourth-order valence-electron chi connectivity index (χ4n) is 2.04. The van der Waals surface area contributed by atoms with Crippen LogP contribution in [0.15, 0.2) is 22.7 Å². The van der Waals surface area contributed by atoms with Crippen LogP contribution in [0.1, 0.15) is 37.9 Å². The van der Waals surface area contributed by atoms with Crippen LogP contribution in [0.4, 0.5) is 5.69 Å². The summed E-state index contributed by atoms with van der Waals surface area (Å²) < 4.78 is 1.07. The van der Waals surface area contributed by atoms with Gasteiger partial charge in [0, 0.05) is 17.6 Å². The minimum atomic E-state index is -0.403. The summed E-state index contributed by atoms with van der Waals surface area (Å²) in [5.74, 6) is 0. The Morgan fingerprint density at radius 2 is 2.12 bits per heavy atom. The highest BCUT2D eigenvalue weighted by Crippen LogP contribution is 2.34. The molecule has 0 aliphatic heterocycles. The first-order valence-corrected chi connectivity index (χ1v) is 6.59. The highest BCUT2D eigenvalue weighted by Gasteiger charge is 2.23. The van der Waals surface area contributed by atoms with E-state index in [1.807, 2.05) is 12.1 Å². The molecule has 2 nitrogen and oxygen atoms in total. The van der Waals surface area contributed by atoms with Gasteiger partial charge < -0.3 is 10.0 Å². The molecular formula is C13H18BrNO. The molecular weight excluding hydrogens is 266 g/mol. The summed E-state index contributed by atoms with van der Waals surface area (Å²) in [7, 11) is 2.14. The number of hydrogen-bond acceptors (Lipinski definition) is 2. The lowest BCUT2D eigenvalue weighted by Gasteiger charge is -2.37. The molecule has 2 rings (SSSR count). The maximum atomic E-state index is 9.51. The second-order valence-corrected chi connectivity index (χ2v) is 5.44. The molecule has 1 fully saturated rings. The number of rotatable bonds is 3. The fourth-order valence-corrected chi connectivity index (χ4v) is 2.72. The van der Waals surface area contributed by atoms with Gasteiger partial charge in [-0.15, -0.1) is 0 Å². The molecule has 1 aliphatic carbocycles. The molecule has 1 N–H and O–H groups in total. The van der Waals surface area contributed by atoms with Crippen LogP contribution >= 0.6 is 15.9 Å². The summed E-state index contributed by atoms with van der Waals surface area (Å²) in [6.07, 6.45) is 3.53. The van der Waals surface area contributed by atoms with Crippen LogP contribution in [0.25, 0.3) is 0 Å². The number of hydrogen-bond donors (Lipinski definition) is 1. The van der Waals surface area contributed by atoms with Gasteiger partial charge in [0.1, 0.15) is 0 Å². The van der Waals surface area contributed by atoms with Crippen molar-refractivity contribution < 1.29 is 5.11 Å². The molecule has 0 radical (unpaired) electrons. The lowest BCUT2D eigenvalue weighted by molar-refractivity contribution is 0.199. The van der Waals surface area contributed by atoms with Gasteiger partial charge in [0.05, 0.1) is 11.8 Å². The first-order chi connectivity index (χ1) is 7.59. The molecule has 1 saturated carbocycles. The van der Waals surface area contributed by atoms with E-state index in [-0.39, 0.29) is 0 Å². The quantitative estimate of drug-likeness (QED) is 0.918. The standard InChI is InChI=1S/C13H18BrNO/c1-9(16)10-6-7-13(12(14)8-10)15(2)11-4-3-5-11/h6-9,11,16H,3-5H2,1-2H3/t9-/m1/s1. The van der Waals surface area contributed by atoms with Crippen LogP contribution in [0.3, 0.4) is 0 Å².